The SMILES string of the molecule is CSc1ccc2nc(N(CC[NH+](C)C)C(=O)c3cccs3)sc2c1. The first-order valence-corrected chi connectivity index (χ1v) is 10.6. The minimum Gasteiger partial charge on any atom is -0.338 e. The first-order valence-electron chi connectivity index (χ1n) is 7.67. The highest BCUT2D eigenvalue weighted by molar-refractivity contribution is 7.98. The molecule has 0 saturated heterocycles. The van der Waals surface area contributed by atoms with Crippen LogP contribution in [0.1, 0.15) is 9.67 Å². The lowest BCUT2D eigenvalue weighted by molar-refractivity contribution is -0.856. The van der Waals surface area contributed by atoms with Gasteiger partial charge in [-0.2, -0.15) is 0 Å². The Balaban J connectivity index is 1.96. The number of fused-ring (bicyclic) bond motifs is 1. The van der Waals surface area contributed by atoms with E-state index in [-0.39, 0.29) is 5.91 Å². The second-order valence-electron chi connectivity index (χ2n) is 5.72. The number of hydrogen-bond donors (Lipinski definition) is 1. The number of thioether (sulfide) groups is 1. The Hall–Kier alpha value is -1.41. The molecule has 1 amide bonds. The average Bonchev–Trinajstić information content (AvgIpc) is 3.23. The van der Waals surface area contributed by atoms with Crippen LogP contribution in [-0.2, 0) is 0 Å². The molecule has 24 heavy (non-hydrogen) atoms. The van der Waals surface area contributed by atoms with Crippen LogP contribution in [-0.4, -0.2) is 44.3 Å². The third-order valence-corrected chi connectivity index (χ3v) is 6.25. The predicted octanol–water partition coefficient (Wildman–Crippen LogP) is 2.87. The van der Waals surface area contributed by atoms with Crippen molar-refractivity contribution in [1.29, 1.82) is 0 Å². The van der Waals surface area contributed by atoms with Crippen molar-refractivity contribution in [3.05, 3.63) is 40.6 Å². The van der Waals surface area contributed by atoms with Gasteiger partial charge in [0, 0.05) is 4.90 Å². The highest BCUT2D eigenvalue weighted by Crippen LogP contribution is 2.32. The summed E-state index contributed by atoms with van der Waals surface area (Å²) in [4.78, 5) is 22.7. The van der Waals surface area contributed by atoms with E-state index in [0.717, 1.165) is 26.8 Å². The summed E-state index contributed by atoms with van der Waals surface area (Å²) >= 11 is 4.78. The van der Waals surface area contributed by atoms with Crippen molar-refractivity contribution >= 4 is 55.7 Å². The summed E-state index contributed by atoms with van der Waals surface area (Å²) < 4.78 is 1.12. The van der Waals surface area contributed by atoms with Gasteiger partial charge < -0.3 is 4.90 Å². The lowest BCUT2D eigenvalue weighted by atomic mass is 10.3. The fraction of sp³-hybridized carbons (Fsp3) is 0.294. The normalized spacial score (nSPS) is 11.3. The summed E-state index contributed by atoms with van der Waals surface area (Å²) in [5.41, 5.74) is 0.953. The van der Waals surface area contributed by atoms with Crippen LogP contribution in [0, 0.1) is 0 Å². The van der Waals surface area contributed by atoms with Crippen molar-refractivity contribution in [2.45, 2.75) is 4.90 Å². The number of rotatable bonds is 6. The van der Waals surface area contributed by atoms with E-state index >= 15 is 0 Å². The molecule has 0 aliphatic carbocycles. The fourth-order valence-corrected chi connectivity index (χ4v) is 4.50. The lowest BCUT2D eigenvalue weighted by Gasteiger charge is -2.19. The van der Waals surface area contributed by atoms with Crippen LogP contribution in [0.25, 0.3) is 10.2 Å². The molecule has 0 unspecified atom stereocenters. The number of benzene rings is 1. The molecule has 0 aliphatic heterocycles. The molecule has 3 aromatic rings. The molecular formula is C17H20N3OS3+. The summed E-state index contributed by atoms with van der Waals surface area (Å²) in [5.74, 6) is 0.0374. The Kier molecular flexibility index (Phi) is 5.55. The predicted molar refractivity (Wildman–Crippen MR) is 105 cm³/mol. The molecule has 0 saturated carbocycles. The minimum absolute atomic E-state index is 0.0374. The van der Waals surface area contributed by atoms with Crippen molar-refractivity contribution < 1.29 is 9.69 Å². The smallest absolute Gasteiger partial charge is 0.270 e. The van der Waals surface area contributed by atoms with Crippen LogP contribution in [0.15, 0.2) is 40.6 Å². The second-order valence-corrected chi connectivity index (χ2v) is 8.56. The van der Waals surface area contributed by atoms with Crippen LogP contribution in [0.4, 0.5) is 5.13 Å². The number of nitrogens with zero attached hydrogens (tertiary/aromatic N) is 2. The number of carbonyl (C=O) groups excluding carboxylic acids is 1. The van der Waals surface area contributed by atoms with Gasteiger partial charge in [0.05, 0.1) is 42.3 Å². The molecule has 1 aromatic carbocycles. The van der Waals surface area contributed by atoms with Crippen LogP contribution < -0.4 is 9.80 Å². The maximum atomic E-state index is 12.9. The van der Waals surface area contributed by atoms with Gasteiger partial charge in [-0.1, -0.05) is 17.4 Å². The van der Waals surface area contributed by atoms with Gasteiger partial charge in [0.2, 0.25) is 0 Å². The van der Waals surface area contributed by atoms with Crippen LogP contribution in [0.5, 0.6) is 0 Å². The number of nitrogens with one attached hydrogen (secondary N) is 1. The van der Waals surface area contributed by atoms with Gasteiger partial charge in [-0.25, -0.2) is 4.98 Å². The van der Waals surface area contributed by atoms with E-state index in [2.05, 4.69) is 32.5 Å². The van der Waals surface area contributed by atoms with E-state index in [4.69, 9.17) is 4.98 Å². The van der Waals surface area contributed by atoms with E-state index < -0.39 is 0 Å². The molecule has 126 valence electrons. The Morgan fingerprint density at radius 3 is 2.83 bits per heavy atom. The third-order valence-electron chi connectivity index (χ3n) is 3.63. The number of likely N-dealkylation sites (N-methyl/N-ethyl adjacent to an activating group) is 1. The molecular weight excluding hydrogens is 358 g/mol. The molecule has 0 aliphatic rings. The van der Waals surface area contributed by atoms with E-state index in [9.17, 15) is 4.79 Å². The van der Waals surface area contributed by atoms with Crippen molar-refractivity contribution in [1.82, 2.24) is 4.98 Å². The fourth-order valence-electron chi connectivity index (χ4n) is 2.29. The van der Waals surface area contributed by atoms with Gasteiger partial charge in [0.15, 0.2) is 5.13 Å². The lowest BCUT2D eigenvalue weighted by Crippen LogP contribution is -3.06. The molecule has 3 rings (SSSR count). The summed E-state index contributed by atoms with van der Waals surface area (Å²) in [5, 5.41) is 2.72. The topological polar surface area (TPSA) is 37.6 Å². The molecule has 2 aromatic heterocycles. The van der Waals surface area contributed by atoms with Crippen LogP contribution in [0.2, 0.25) is 0 Å². The van der Waals surface area contributed by atoms with Crippen molar-refractivity contribution in [2.24, 2.45) is 0 Å². The monoisotopic (exact) mass is 378 g/mol. The maximum absolute atomic E-state index is 12.9. The molecule has 0 spiro atoms. The quantitative estimate of drug-likeness (QED) is 0.670. The number of quaternary nitrogens is 1. The van der Waals surface area contributed by atoms with E-state index in [1.54, 1.807) is 23.1 Å². The Morgan fingerprint density at radius 2 is 2.17 bits per heavy atom. The Bertz CT molecular complexity index is 827. The number of aromatic nitrogens is 1. The number of thiazole rings is 1. The minimum atomic E-state index is 0.0374. The standard InChI is InChI=1S/C17H19N3OS3/c1-19(2)8-9-20(16(21)14-5-4-10-23-14)17-18-13-7-6-12(22-3)11-15(13)24-17/h4-7,10-11H,8-9H2,1-3H3/p+1. The molecule has 0 bridgehead atoms. The largest absolute Gasteiger partial charge is 0.338 e. The van der Waals surface area contributed by atoms with Crippen molar-refractivity contribution in [2.75, 3.05) is 38.3 Å². The molecule has 7 heteroatoms. The average molecular weight is 379 g/mol. The number of thiophene rings is 1. The summed E-state index contributed by atoms with van der Waals surface area (Å²) in [6, 6.07) is 10.0. The summed E-state index contributed by atoms with van der Waals surface area (Å²) in [6.07, 6.45) is 2.07. The number of carbonyl (C=O) groups is 1. The van der Waals surface area contributed by atoms with Gasteiger partial charge >= 0.3 is 0 Å². The molecule has 1 N–H and O–H groups in total. The first-order chi connectivity index (χ1) is 11.6. The molecule has 0 radical (unpaired) electrons. The highest BCUT2D eigenvalue weighted by Gasteiger charge is 2.22. The van der Waals surface area contributed by atoms with Gasteiger partial charge in [-0.15, -0.1) is 23.1 Å². The van der Waals surface area contributed by atoms with Gasteiger partial charge in [-0.3, -0.25) is 9.69 Å². The zero-order valence-electron chi connectivity index (χ0n) is 13.9. The Morgan fingerprint density at radius 1 is 1.33 bits per heavy atom. The third kappa shape index (κ3) is 3.80. The number of anilines is 1. The Labute approximate surface area is 154 Å². The van der Waals surface area contributed by atoms with Gasteiger partial charge in [0.1, 0.15) is 0 Å². The molecule has 0 atom stereocenters. The number of amides is 1. The summed E-state index contributed by atoms with van der Waals surface area (Å²) in [7, 11) is 4.19. The molecule has 2 heterocycles. The van der Waals surface area contributed by atoms with E-state index in [1.165, 1.54) is 21.1 Å². The van der Waals surface area contributed by atoms with E-state index in [0.29, 0.717) is 6.54 Å². The summed E-state index contributed by atoms with van der Waals surface area (Å²) in [6.45, 7) is 1.54. The highest BCUT2D eigenvalue weighted by atomic mass is 32.2. The van der Waals surface area contributed by atoms with Gasteiger partial charge in [-0.05, 0) is 35.9 Å². The second kappa shape index (κ2) is 7.65. The van der Waals surface area contributed by atoms with E-state index in [1.807, 2.05) is 28.5 Å². The van der Waals surface area contributed by atoms with Crippen LogP contribution >= 0.6 is 34.4 Å². The first kappa shape index (κ1) is 17.4. The zero-order valence-corrected chi connectivity index (χ0v) is 16.4. The van der Waals surface area contributed by atoms with Crippen LogP contribution in [0.3, 0.4) is 0 Å². The molecule has 0 fully saturated rings. The maximum Gasteiger partial charge on any atom is 0.270 e. The van der Waals surface area contributed by atoms with Gasteiger partial charge in [0.25, 0.3) is 5.91 Å². The zero-order chi connectivity index (χ0) is 17.1. The van der Waals surface area contributed by atoms with Crippen molar-refractivity contribution in [3.63, 3.8) is 0 Å². The molecule has 4 nitrogen and oxygen atoms in total. The number of hydrogen-bond acceptors (Lipinski definition) is 5. The van der Waals surface area contributed by atoms with Crippen molar-refractivity contribution in [3.8, 4) is 0 Å².